The number of hydrogen-bond acceptors (Lipinski definition) is 3. The molecule has 112 valence electrons. The van der Waals surface area contributed by atoms with Crippen LogP contribution in [-0.2, 0) is 10.0 Å². The third-order valence-corrected chi connectivity index (χ3v) is 5.96. The maximum absolute atomic E-state index is 12.4. The van der Waals surface area contributed by atoms with Gasteiger partial charge in [-0.1, -0.05) is 37.3 Å². The molecule has 4 nitrogen and oxygen atoms in total. The van der Waals surface area contributed by atoms with Crippen molar-refractivity contribution in [2.45, 2.75) is 31.7 Å². The summed E-state index contributed by atoms with van der Waals surface area (Å²) in [5, 5.41) is 3.34. The average Bonchev–Trinajstić information content (AvgIpc) is 2.92. The molecule has 0 radical (unpaired) electrons. The lowest BCUT2D eigenvalue weighted by molar-refractivity contribution is 0.416. The van der Waals surface area contributed by atoms with Crippen molar-refractivity contribution in [2.24, 2.45) is 0 Å². The summed E-state index contributed by atoms with van der Waals surface area (Å²) in [5.41, 5.74) is 1.07. The van der Waals surface area contributed by atoms with Crippen LogP contribution < -0.4 is 5.32 Å². The molecular formula is C15H24N2O2S. The Morgan fingerprint density at radius 1 is 1.35 bits per heavy atom. The molecule has 1 aliphatic heterocycles. The molecule has 20 heavy (non-hydrogen) atoms. The fraction of sp³-hybridized carbons (Fsp3) is 0.600. The minimum Gasteiger partial charge on any atom is -0.313 e. The third-order valence-electron chi connectivity index (χ3n) is 3.94. The van der Waals surface area contributed by atoms with Gasteiger partial charge in [-0.25, -0.2) is 12.7 Å². The van der Waals surface area contributed by atoms with Crippen LogP contribution in [0, 0.1) is 0 Å². The first-order chi connectivity index (χ1) is 9.49. The van der Waals surface area contributed by atoms with Gasteiger partial charge >= 0.3 is 0 Å². The van der Waals surface area contributed by atoms with Crippen LogP contribution in [0.2, 0.25) is 0 Å². The van der Waals surface area contributed by atoms with Gasteiger partial charge in [0.2, 0.25) is 10.0 Å². The summed E-state index contributed by atoms with van der Waals surface area (Å²) in [6.45, 7) is 3.54. The molecule has 1 aromatic rings. The van der Waals surface area contributed by atoms with E-state index in [9.17, 15) is 8.42 Å². The summed E-state index contributed by atoms with van der Waals surface area (Å²) >= 11 is 0. The largest absolute Gasteiger partial charge is 0.313 e. The number of hydrogen-bond donors (Lipinski definition) is 1. The standard InChI is InChI=1S/C15H24N2O2S/c1-13(14-7-4-3-5-8-14)12-20(18,19)17(2)11-15-9-6-10-16-15/h3-5,7-8,13,15-16H,6,9-12H2,1-2H3. The van der Waals surface area contributed by atoms with E-state index < -0.39 is 10.0 Å². The van der Waals surface area contributed by atoms with E-state index in [0.717, 1.165) is 24.9 Å². The predicted molar refractivity (Wildman–Crippen MR) is 82.3 cm³/mol. The Balaban J connectivity index is 1.95. The van der Waals surface area contributed by atoms with Crippen LogP contribution in [-0.4, -0.2) is 44.7 Å². The average molecular weight is 296 g/mol. The van der Waals surface area contributed by atoms with Crippen molar-refractivity contribution < 1.29 is 8.42 Å². The Labute approximate surface area is 122 Å². The smallest absolute Gasteiger partial charge is 0.214 e. The van der Waals surface area contributed by atoms with E-state index in [0.29, 0.717) is 12.6 Å². The van der Waals surface area contributed by atoms with Gasteiger partial charge in [0.1, 0.15) is 0 Å². The minimum atomic E-state index is -3.20. The van der Waals surface area contributed by atoms with E-state index in [-0.39, 0.29) is 11.7 Å². The Hall–Kier alpha value is -0.910. The lowest BCUT2D eigenvalue weighted by atomic mass is 10.0. The minimum absolute atomic E-state index is 0.0141. The van der Waals surface area contributed by atoms with Crippen molar-refractivity contribution in [2.75, 3.05) is 25.9 Å². The Morgan fingerprint density at radius 2 is 2.05 bits per heavy atom. The van der Waals surface area contributed by atoms with E-state index in [4.69, 9.17) is 0 Å². The van der Waals surface area contributed by atoms with Crippen LogP contribution in [0.15, 0.2) is 30.3 Å². The van der Waals surface area contributed by atoms with Crippen LogP contribution in [0.1, 0.15) is 31.2 Å². The van der Waals surface area contributed by atoms with Crippen molar-refractivity contribution in [1.29, 1.82) is 0 Å². The van der Waals surface area contributed by atoms with Crippen LogP contribution >= 0.6 is 0 Å². The molecule has 2 atom stereocenters. The molecule has 1 fully saturated rings. The summed E-state index contributed by atoms with van der Waals surface area (Å²) in [6, 6.07) is 10.1. The second-order valence-electron chi connectivity index (χ2n) is 5.66. The number of likely N-dealkylation sites (N-methyl/N-ethyl adjacent to an activating group) is 1. The molecule has 2 rings (SSSR count). The van der Waals surface area contributed by atoms with Crippen LogP contribution in [0.3, 0.4) is 0 Å². The quantitative estimate of drug-likeness (QED) is 0.871. The summed E-state index contributed by atoms with van der Waals surface area (Å²) in [6.07, 6.45) is 2.20. The topological polar surface area (TPSA) is 49.4 Å². The van der Waals surface area contributed by atoms with E-state index >= 15 is 0 Å². The fourth-order valence-corrected chi connectivity index (χ4v) is 4.14. The lowest BCUT2D eigenvalue weighted by Gasteiger charge is -2.23. The van der Waals surface area contributed by atoms with Crippen LogP contribution in [0.5, 0.6) is 0 Å². The van der Waals surface area contributed by atoms with Crippen molar-refractivity contribution >= 4 is 10.0 Å². The molecule has 1 aromatic carbocycles. The summed E-state index contributed by atoms with van der Waals surface area (Å²) in [5.74, 6) is 0.181. The molecular weight excluding hydrogens is 272 g/mol. The Bertz CT molecular complexity index is 510. The molecule has 1 N–H and O–H groups in total. The summed E-state index contributed by atoms with van der Waals surface area (Å²) in [4.78, 5) is 0. The van der Waals surface area contributed by atoms with Gasteiger partial charge in [-0.3, -0.25) is 0 Å². The number of nitrogens with one attached hydrogen (secondary N) is 1. The van der Waals surface area contributed by atoms with Gasteiger partial charge in [0.15, 0.2) is 0 Å². The zero-order chi connectivity index (χ0) is 14.6. The molecule has 0 spiro atoms. The monoisotopic (exact) mass is 296 g/mol. The molecule has 2 unspecified atom stereocenters. The van der Waals surface area contributed by atoms with E-state index in [1.54, 1.807) is 7.05 Å². The van der Waals surface area contributed by atoms with Gasteiger partial charge in [-0.05, 0) is 30.9 Å². The first kappa shape index (κ1) is 15.5. The molecule has 0 bridgehead atoms. The van der Waals surface area contributed by atoms with E-state index in [1.165, 1.54) is 4.31 Å². The molecule has 0 saturated carbocycles. The summed E-state index contributed by atoms with van der Waals surface area (Å²) < 4.78 is 26.3. The maximum atomic E-state index is 12.4. The molecule has 0 aliphatic carbocycles. The van der Waals surface area contributed by atoms with Crippen LogP contribution in [0.4, 0.5) is 0 Å². The van der Waals surface area contributed by atoms with Crippen molar-refractivity contribution in [1.82, 2.24) is 9.62 Å². The highest BCUT2D eigenvalue weighted by Gasteiger charge is 2.25. The highest BCUT2D eigenvalue weighted by molar-refractivity contribution is 7.89. The van der Waals surface area contributed by atoms with Gasteiger partial charge in [-0.15, -0.1) is 0 Å². The first-order valence-corrected chi connectivity index (χ1v) is 8.82. The Morgan fingerprint density at radius 3 is 2.65 bits per heavy atom. The van der Waals surface area contributed by atoms with Gasteiger partial charge in [0, 0.05) is 19.6 Å². The highest BCUT2D eigenvalue weighted by Crippen LogP contribution is 2.19. The molecule has 1 aliphatic rings. The zero-order valence-electron chi connectivity index (χ0n) is 12.2. The maximum Gasteiger partial charge on any atom is 0.214 e. The van der Waals surface area contributed by atoms with Gasteiger partial charge in [0.05, 0.1) is 5.75 Å². The molecule has 5 heteroatoms. The zero-order valence-corrected chi connectivity index (χ0v) is 13.1. The fourth-order valence-electron chi connectivity index (χ4n) is 2.66. The molecule has 1 heterocycles. The number of sulfonamides is 1. The number of benzene rings is 1. The van der Waals surface area contributed by atoms with Crippen LogP contribution in [0.25, 0.3) is 0 Å². The van der Waals surface area contributed by atoms with Gasteiger partial charge in [-0.2, -0.15) is 0 Å². The van der Waals surface area contributed by atoms with E-state index in [1.807, 2.05) is 37.3 Å². The molecule has 1 saturated heterocycles. The SMILES string of the molecule is CC(CS(=O)(=O)N(C)CC1CCCN1)c1ccccc1. The van der Waals surface area contributed by atoms with Gasteiger partial charge < -0.3 is 5.32 Å². The second kappa shape index (κ2) is 6.70. The van der Waals surface area contributed by atoms with Crippen molar-refractivity contribution in [3.63, 3.8) is 0 Å². The van der Waals surface area contributed by atoms with Crippen molar-refractivity contribution in [3.8, 4) is 0 Å². The van der Waals surface area contributed by atoms with E-state index in [2.05, 4.69) is 5.32 Å². The molecule has 0 aromatic heterocycles. The number of nitrogens with zero attached hydrogens (tertiary/aromatic N) is 1. The lowest BCUT2D eigenvalue weighted by Crippen LogP contribution is -2.40. The predicted octanol–water partition coefficient (Wildman–Crippen LogP) is 1.80. The van der Waals surface area contributed by atoms with Crippen molar-refractivity contribution in [3.05, 3.63) is 35.9 Å². The molecule has 0 amide bonds. The normalized spacial score (nSPS) is 21.2. The second-order valence-corrected chi connectivity index (χ2v) is 7.78. The number of rotatable bonds is 6. The first-order valence-electron chi connectivity index (χ1n) is 7.21. The van der Waals surface area contributed by atoms with Gasteiger partial charge in [0.25, 0.3) is 0 Å². The third kappa shape index (κ3) is 4.04. The summed E-state index contributed by atoms with van der Waals surface area (Å²) in [7, 11) is -1.51. The Kier molecular flexibility index (Phi) is 5.18. The highest BCUT2D eigenvalue weighted by atomic mass is 32.2.